The molecule has 0 radical (unpaired) electrons. The molecule has 1 saturated carbocycles. The lowest BCUT2D eigenvalue weighted by Crippen LogP contribution is -2.59. The summed E-state index contributed by atoms with van der Waals surface area (Å²) >= 11 is 1.26. The number of esters is 2. The number of carbonyl (C=O) groups excluding carboxylic acids is 4. The van der Waals surface area contributed by atoms with Gasteiger partial charge in [0.2, 0.25) is 0 Å². The molecular weight excluding hydrogens is 785 g/mol. The molecule has 0 amide bonds. The van der Waals surface area contributed by atoms with Crippen LogP contribution in [0, 0.1) is 41.4 Å². The predicted octanol–water partition coefficient (Wildman–Crippen LogP) is 3.34. The molecule has 4 aliphatic rings. The highest BCUT2D eigenvalue weighted by Crippen LogP contribution is 2.62. The molecule has 3 saturated heterocycles. The third-order valence-electron chi connectivity index (χ3n) is 13.0. The minimum Gasteiger partial charge on any atom is -0.457 e. The third-order valence-corrected chi connectivity index (χ3v) is 14.1. The van der Waals surface area contributed by atoms with Gasteiger partial charge in [-0.1, -0.05) is 50.3 Å². The van der Waals surface area contributed by atoms with Gasteiger partial charge in [-0.25, -0.2) is 0 Å². The fourth-order valence-corrected chi connectivity index (χ4v) is 10.2. The number of likely N-dealkylation sites (N-methyl/N-ethyl adjacent to an activating group) is 1. The van der Waals surface area contributed by atoms with Crippen LogP contribution in [-0.2, 0) is 47.7 Å². The monoisotopic (exact) mass is 842 g/mol. The number of hydrogen-bond donors (Lipinski definition) is 2. The Balaban J connectivity index is 1.32. The van der Waals surface area contributed by atoms with Crippen LogP contribution in [0.15, 0.2) is 29.6 Å². The Morgan fingerprint density at radius 2 is 1.76 bits per heavy atom. The summed E-state index contributed by atoms with van der Waals surface area (Å²) in [5.74, 6) is -9.11. The number of pyridine rings is 1. The highest BCUT2D eigenvalue weighted by Gasteiger charge is 2.79. The number of amidine groups is 1. The SMILES string of the molecule is CO[C@]1(C)C[C@@H](C)C(=O)[C@H](C)[C@H]2[C@H](/C(N)=N/O[C@@H](C)c3nnc(-c4ccccn4)s3)C(=O)O[C@@]23C(C)[C@@H]3OC(=O)[C@H](C)C(=O)[C@H](C)[C@H]1O[C@@H]1O[C@@H](C)C[C@H](N(C)C)[C@H]1O. The molecule has 1 aliphatic carbocycles. The van der Waals surface area contributed by atoms with E-state index in [1.807, 2.05) is 38.1 Å². The topological polar surface area (TPSA) is 224 Å². The maximum atomic E-state index is 14.7. The highest BCUT2D eigenvalue weighted by atomic mass is 32.1. The molecule has 6 rings (SSSR count). The van der Waals surface area contributed by atoms with Crippen molar-refractivity contribution < 1.29 is 52.8 Å². The summed E-state index contributed by atoms with van der Waals surface area (Å²) in [5, 5.41) is 25.1. The van der Waals surface area contributed by atoms with Gasteiger partial charge in [-0.3, -0.25) is 24.2 Å². The van der Waals surface area contributed by atoms with Gasteiger partial charge in [0.1, 0.15) is 35.5 Å². The number of ketones is 2. The van der Waals surface area contributed by atoms with Crippen LogP contribution in [0.4, 0.5) is 0 Å². The molecule has 0 bridgehead atoms. The van der Waals surface area contributed by atoms with Gasteiger partial charge in [0.25, 0.3) is 0 Å². The lowest BCUT2D eigenvalue weighted by molar-refractivity contribution is -0.295. The van der Waals surface area contributed by atoms with Crippen LogP contribution in [0.3, 0.4) is 0 Å². The van der Waals surface area contributed by atoms with Gasteiger partial charge in [-0.2, -0.15) is 0 Å². The minimum absolute atomic E-state index is 0.0635. The summed E-state index contributed by atoms with van der Waals surface area (Å²) in [4.78, 5) is 68.7. The van der Waals surface area contributed by atoms with Crippen LogP contribution in [-0.4, -0.2) is 124 Å². The first-order chi connectivity index (χ1) is 27.8. The zero-order valence-corrected chi connectivity index (χ0v) is 36.4. The molecule has 2 aromatic heterocycles. The van der Waals surface area contributed by atoms with E-state index in [4.69, 9.17) is 34.3 Å². The van der Waals surface area contributed by atoms with Crippen LogP contribution in [0.25, 0.3) is 10.7 Å². The van der Waals surface area contributed by atoms with Crippen LogP contribution >= 0.6 is 11.3 Å². The summed E-state index contributed by atoms with van der Waals surface area (Å²) in [7, 11) is 5.17. The van der Waals surface area contributed by atoms with Gasteiger partial charge < -0.3 is 44.3 Å². The molecule has 0 aromatic carbocycles. The van der Waals surface area contributed by atoms with Crippen LogP contribution in [0.5, 0.6) is 0 Å². The van der Waals surface area contributed by atoms with Crippen LogP contribution in [0.1, 0.15) is 79.3 Å². The second kappa shape index (κ2) is 17.2. The second-order valence-electron chi connectivity index (χ2n) is 17.2. The van der Waals surface area contributed by atoms with E-state index in [2.05, 4.69) is 20.3 Å². The summed E-state index contributed by atoms with van der Waals surface area (Å²) in [6, 6.07) is 5.15. The smallest absolute Gasteiger partial charge is 0.317 e. The Bertz CT molecular complexity index is 1920. The standard InChI is InChI=1S/C41H58N6O11S/c1-18-17-40(8,53-11)32(56-39-31(50)26(47(9)10)16-19(2)54-39)21(4)30(49)22(5)37(51)55-33-23(6)41(33)28(20(3)29(18)48)27(38(52)57-41)34(42)46-58-24(7)35-44-45-36(59-35)25-14-12-13-15-43-25/h12-15,18-24,26-28,31-33,39,50H,16-17H2,1-11H3,(H2,42,46)/t18-,19+,20-,21+,22-,23?,24+,26+,27-,28+,31-,32-,33+,39+,40-,41+/m1/s1. The van der Waals surface area contributed by atoms with Crippen LogP contribution in [0.2, 0.25) is 0 Å². The van der Waals surface area contributed by atoms with Crippen molar-refractivity contribution >= 4 is 40.7 Å². The number of aliphatic hydroxyl groups is 1. The molecule has 59 heavy (non-hydrogen) atoms. The lowest BCUT2D eigenvalue weighted by Gasteiger charge is -2.46. The molecule has 1 spiro atoms. The zero-order valence-electron chi connectivity index (χ0n) is 35.6. The summed E-state index contributed by atoms with van der Waals surface area (Å²) < 4.78 is 31.0. The second-order valence-corrected chi connectivity index (χ2v) is 18.2. The molecule has 1 unspecified atom stereocenters. The maximum absolute atomic E-state index is 14.7. The number of carbonyl (C=O) groups is 4. The first kappa shape index (κ1) is 44.6. The molecular formula is C41H58N6O11S. The quantitative estimate of drug-likeness (QED) is 0.121. The Hall–Kier alpha value is -3.94. The molecule has 4 fully saturated rings. The van der Waals surface area contributed by atoms with E-state index in [9.17, 15) is 24.3 Å². The van der Waals surface area contributed by atoms with Crippen molar-refractivity contribution in [2.24, 2.45) is 52.3 Å². The Morgan fingerprint density at radius 1 is 1.05 bits per heavy atom. The molecule has 17 nitrogen and oxygen atoms in total. The van der Waals surface area contributed by atoms with Crippen LogP contribution < -0.4 is 5.73 Å². The molecule has 18 heteroatoms. The average molecular weight is 843 g/mol. The van der Waals surface area contributed by atoms with E-state index in [0.717, 1.165) is 0 Å². The van der Waals surface area contributed by atoms with Crippen molar-refractivity contribution in [2.75, 3.05) is 21.2 Å². The summed E-state index contributed by atoms with van der Waals surface area (Å²) in [6.45, 7) is 13.6. The molecule has 3 N–H and O–H groups in total. The summed E-state index contributed by atoms with van der Waals surface area (Å²) in [6.07, 6.45) is -3.03. The zero-order chi connectivity index (χ0) is 43.3. The van der Waals surface area contributed by atoms with Crippen molar-refractivity contribution in [1.82, 2.24) is 20.1 Å². The van der Waals surface area contributed by atoms with Gasteiger partial charge >= 0.3 is 11.9 Å². The van der Waals surface area contributed by atoms with E-state index < -0.39 is 101 Å². The number of oxime groups is 1. The predicted molar refractivity (Wildman–Crippen MR) is 213 cm³/mol. The summed E-state index contributed by atoms with van der Waals surface area (Å²) in [5.41, 5.74) is 4.48. The molecule has 5 heterocycles. The van der Waals surface area contributed by atoms with E-state index in [-0.39, 0.29) is 30.2 Å². The number of aliphatic hydroxyl groups excluding tert-OH is 1. The van der Waals surface area contributed by atoms with Crippen molar-refractivity contribution in [2.45, 2.75) is 122 Å². The van der Waals surface area contributed by atoms with Gasteiger partial charge in [-0.15, -0.1) is 10.2 Å². The largest absolute Gasteiger partial charge is 0.457 e. The highest BCUT2D eigenvalue weighted by molar-refractivity contribution is 7.14. The van der Waals surface area contributed by atoms with Gasteiger partial charge in [0, 0.05) is 48.9 Å². The maximum Gasteiger partial charge on any atom is 0.317 e. The van der Waals surface area contributed by atoms with Crippen molar-refractivity contribution in [3.8, 4) is 10.7 Å². The normalized spacial score (nSPS) is 40.1. The fraction of sp³-hybridized carbons (Fsp3) is 0.707. The number of nitrogens with two attached hydrogens (primary N) is 1. The number of methoxy groups -OCH3 is 1. The van der Waals surface area contributed by atoms with Gasteiger partial charge in [0.15, 0.2) is 39.6 Å². The molecule has 16 atom stereocenters. The van der Waals surface area contributed by atoms with E-state index in [1.165, 1.54) is 25.4 Å². The number of rotatable bonds is 9. The van der Waals surface area contributed by atoms with Gasteiger partial charge in [-0.05, 0) is 66.8 Å². The minimum atomic E-state index is -1.42. The Labute approximate surface area is 348 Å². The number of Topliss-reactive ketones (excluding diaryl/α,β-unsaturated/α-hetero) is 2. The van der Waals surface area contributed by atoms with Crippen molar-refractivity contribution in [1.29, 1.82) is 0 Å². The average Bonchev–Trinajstić information content (AvgIpc) is 3.53. The van der Waals surface area contributed by atoms with Crippen molar-refractivity contribution in [3.05, 3.63) is 29.4 Å². The van der Waals surface area contributed by atoms with E-state index in [1.54, 1.807) is 53.8 Å². The first-order valence-corrected chi connectivity index (χ1v) is 21.0. The van der Waals surface area contributed by atoms with Gasteiger partial charge in [0.05, 0.1) is 17.8 Å². The molecule has 3 aliphatic heterocycles. The number of nitrogens with zero attached hydrogens (tertiary/aromatic N) is 5. The number of ether oxygens (including phenoxy) is 5. The first-order valence-electron chi connectivity index (χ1n) is 20.2. The number of aromatic nitrogens is 3. The molecule has 2 aromatic rings. The Kier molecular flexibility index (Phi) is 13.0. The lowest BCUT2D eigenvalue weighted by atomic mass is 9.71. The van der Waals surface area contributed by atoms with Crippen molar-refractivity contribution in [3.63, 3.8) is 0 Å². The van der Waals surface area contributed by atoms with E-state index in [0.29, 0.717) is 22.1 Å². The molecule has 324 valence electrons. The fourth-order valence-electron chi connectivity index (χ4n) is 9.41. The van der Waals surface area contributed by atoms with E-state index >= 15 is 0 Å². The third kappa shape index (κ3) is 8.28. The Morgan fingerprint density at radius 3 is 2.41 bits per heavy atom. The number of hydrogen-bond acceptors (Lipinski definition) is 17.